The fourth-order valence-electron chi connectivity index (χ4n) is 1.40. The number of nitrogens with one attached hydrogen (secondary N) is 1. The number of halogens is 1. The molecule has 1 unspecified atom stereocenters. The maximum atomic E-state index is 11.6. The number of carbonyl (C=O) groups excluding carboxylic acids is 2. The number of hydrogen-bond acceptors (Lipinski definition) is 3. The number of benzene rings is 1. The van der Waals surface area contributed by atoms with Crippen LogP contribution < -0.4 is 11.1 Å². The number of rotatable bonds is 6. The molecule has 0 bridgehead atoms. The fraction of sp³-hybridized carbons (Fsp3) is 0.154. The van der Waals surface area contributed by atoms with Gasteiger partial charge in [0.2, 0.25) is 11.8 Å². The van der Waals surface area contributed by atoms with Crippen molar-refractivity contribution in [3.63, 3.8) is 0 Å². The zero-order chi connectivity index (χ0) is 15.1. The van der Waals surface area contributed by atoms with E-state index < -0.39 is 30.2 Å². The summed E-state index contributed by atoms with van der Waals surface area (Å²) in [5.74, 6) is -2.72. The van der Waals surface area contributed by atoms with Gasteiger partial charge in [0.05, 0.1) is 6.42 Å². The molecular weight excluding hydrogens is 328 g/mol. The number of carboxylic acids is 1. The molecule has 0 fully saturated rings. The predicted octanol–water partition coefficient (Wildman–Crippen LogP) is 0.907. The van der Waals surface area contributed by atoms with Crippen molar-refractivity contribution in [1.82, 2.24) is 5.32 Å². The Hall–Kier alpha value is -2.15. The highest BCUT2D eigenvalue weighted by Crippen LogP contribution is 2.12. The summed E-state index contributed by atoms with van der Waals surface area (Å²) >= 11 is 3.29. The molecule has 6 nitrogen and oxygen atoms in total. The molecule has 4 N–H and O–H groups in total. The number of carboxylic acid groups (broad SMARTS) is 1. The summed E-state index contributed by atoms with van der Waals surface area (Å²) in [5.41, 5.74) is 5.69. The molecule has 0 spiro atoms. The molecule has 0 aliphatic heterocycles. The minimum atomic E-state index is -1.33. The zero-order valence-corrected chi connectivity index (χ0v) is 12.0. The number of carbonyl (C=O) groups is 3. The first-order chi connectivity index (χ1) is 9.38. The van der Waals surface area contributed by atoms with E-state index in [4.69, 9.17) is 10.8 Å². The number of aliphatic carboxylic acids is 1. The van der Waals surface area contributed by atoms with E-state index in [2.05, 4.69) is 21.2 Å². The van der Waals surface area contributed by atoms with Crippen LogP contribution in [0.3, 0.4) is 0 Å². The van der Waals surface area contributed by atoms with E-state index >= 15 is 0 Å². The normalized spacial score (nSPS) is 12.1. The Bertz CT molecular complexity index is 557. The number of amides is 2. The summed E-state index contributed by atoms with van der Waals surface area (Å²) in [7, 11) is 0. The summed E-state index contributed by atoms with van der Waals surface area (Å²) in [6, 6.07) is 5.89. The van der Waals surface area contributed by atoms with Gasteiger partial charge in [-0.3, -0.25) is 9.59 Å². The van der Waals surface area contributed by atoms with Crippen LogP contribution in [0.5, 0.6) is 0 Å². The van der Waals surface area contributed by atoms with E-state index in [1.165, 1.54) is 12.2 Å². The van der Waals surface area contributed by atoms with Crippen molar-refractivity contribution in [2.24, 2.45) is 5.73 Å². The summed E-state index contributed by atoms with van der Waals surface area (Å²) in [6.07, 6.45) is 2.27. The average Bonchev–Trinajstić information content (AvgIpc) is 2.35. The standard InChI is InChI=1S/C13H13BrN2O4/c14-9-3-1-2-8(6-9)4-5-12(18)16-10(13(19)20)7-11(15)17/h1-6,10H,7H2,(H2,15,17)(H,16,18)(H,19,20)/b5-4+. The summed E-state index contributed by atoms with van der Waals surface area (Å²) in [5, 5.41) is 11.0. The van der Waals surface area contributed by atoms with Crippen LogP contribution in [0.4, 0.5) is 0 Å². The van der Waals surface area contributed by atoms with Gasteiger partial charge in [0, 0.05) is 10.5 Å². The van der Waals surface area contributed by atoms with Crippen molar-refractivity contribution >= 4 is 39.8 Å². The molecule has 20 heavy (non-hydrogen) atoms. The van der Waals surface area contributed by atoms with Crippen molar-refractivity contribution in [3.8, 4) is 0 Å². The first-order valence-corrected chi connectivity index (χ1v) is 6.43. The summed E-state index contributed by atoms with van der Waals surface area (Å²) < 4.78 is 0.859. The van der Waals surface area contributed by atoms with Crippen LogP contribution in [0.25, 0.3) is 6.08 Å². The second-order valence-electron chi connectivity index (χ2n) is 3.96. The number of hydrogen-bond donors (Lipinski definition) is 3. The highest BCUT2D eigenvalue weighted by atomic mass is 79.9. The monoisotopic (exact) mass is 340 g/mol. The molecule has 1 rings (SSSR count). The molecular formula is C13H13BrN2O4. The minimum absolute atomic E-state index is 0.453. The van der Waals surface area contributed by atoms with E-state index in [1.54, 1.807) is 18.2 Å². The Kier molecular flexibility index (Phi) is 5.92. The second-order valence-corrected chi connectivity index (χ2v) is 4.87. The molecule has 0 aliphatic carbocycles. The third kappa shape index (κ3) is 5.66. The van der Waals surface area contributed by atoms with Gasteiger partial charge in [0.15, 0.2) is 0 Å². The Morgan fingerprint density at radius 1 is 1.40 bits per heavy atom. The maximum absolute atomic E-state index is 11.6. The van der Waals surface area contributed by atoms with Crippen LogP contribution in [0.15, 0.2) is 34.8 Å². The van der Waals surface area contributed by atoms with Crippen LogP contribution in [0.2, 0.25) is 0 Å². The Morgan fingerprint density at radius 2 is 2.10 bits per heavy atom. The largest absolute Gasteiger partial charge is 0.480 e. The van der Waals surface area contributed by atoms with Crippen LogP contribution >= 0.6 is 15.9 Å². The first-order valence-electron chi connectivity index (χ1n) is 5.63. The van der Waals surface area contributed by atoms with E-state index in [0.29, 0.717) is 0 Å². The second kappa shape index (κ2) is 7.44. The highest BCUT2D eigenvalue weighted by Gasteiger charge is 2.20. The van der Waals surface area contributed by atoms with Gasteiger partial charge in [-0.25, -0.2) is 4.79 Å². The van der Waals surface area contributed by atoms with Gasteiger partial charge in [-0.1, -0.05) is 28.1 Å². The fourth-order valence-corrected chi connectivity index (χ4v) is 1.82. The number of primary amides is 1. The predicted molar refractivity (Wildman–Crippen MR) is 76.6 cm³/mol. The van der Waals surface area contributed by atoms with Gasteiger partial charge in [-0.05, 0) is 23.8 Å². The van der Waals surface area contributed by atoms with Crippen molar-refractivity contribution < 1.29 is 19.5 Å². The smallest absolute Gasteiger partial charge is 0.326 e. The molecule has 1 aromatic carbocycles. The highest BCUT2D eigenvalue weighted by molar-refractivity contribution is 9.10. The van der Waals surface area contributed by atoms with Crippen molar-refractivity contribution in [2.75, 3.05) is 0 Å². The Morgan fingerprint density at radius 3 is 2.65 bits per heavy atom. The lowest BCUT2D eigenvalue weighted by Gasteiger charge is -2.10. The zero-order valence-electron chi connectivity index (χ0n) is 10.4. The van der Waals surface area contributed by atoms with Gasteiger partial charge < -0.3 is 16.2 Å². The van der Waals surface area contributed by atoms with Crippen LogP contribution in [-0.2, 0) is 14.4 Å². The van der Waals surface area contributed by atoms with Gasteiger partial charge in [0.25, 0.3) is 0 Å². The van der Waals surface area contributed by atoms with Gasteiger partial charge in [-0.15, -0.1) is 0 Å². The maximum Gasteiger partial charge on any atom is 0.326 e. The van der Waals surface area contributed by atoms with Crippen molar-refractivity contribution in [1.29, 1.82) is 0 Å². The molecule has 0 saturated carbocycles. The van der Waals surface area contributed by atoms with E-state index in [9.17, 15) is 14.4 Å². The molecule has 7 heteroatoms. The molecule has 106 valence electrons. The Labute approximate surface area is 123 Å². The summed E-state index contributed by atoms with van der Waals surface area (Å²) in [4.78, 5) is 33.1. The molecule has 0 radical (unpaired) electrons. The van der Waals surface area contributed by atoms with Crippen LogP contribution in [0.1, 0.15) is 12.0 Å². The molecule has 0 heterocycles. The molecule has 0 aromatic heterocycles. The van der Waals surface area contributed by atoms with E-state index in [0.717, 1.165) is 10.0 Å². The SMILES string of the molecule is NC(=O)CC(NC(=O)/C=C/c1cccc(Br)c1)C(=O)O. The van der Waals surface area contributed by atoms with Crippen LogP contribution in [-0.4, -0.2) is 28.9 Å². The lowest BCUT2D eigenvalue weighted by molar-refractivity contribution is -0.142. The Balaban J connectivity index is 2.66. The van der Waals surface area contributed by atoms with Crippen LogP contribution in [0, 0.1) is 0 Å². The molecule has 1 atom stereocenters. The third-order valence-electron chi connectivity index (χ3n) is 2.30. The van der Waals surface area contributed by atoms with Crippen molar-refractivity contribution in [3.05, 3.63) is 40.4 Å². The molecule has 0 aliphatic rings. The quantitative estimate of drug-likeness (QED) is 0.668. The van der Waals surface area contributed by atoms with Gasteiger partial charge in [0.1, 0.15) is 6.04 Å². The minimum Gasteiger partial charge on any atom is -0.480 e. The summed E-state index contributed by atoms with van der Waals surface area (Å²) in [6.45, 7) is 0. The van der Waals surface area contributed by atoms with Crippen molar-refractivity contribution in [2.45, 2.75) is 12.5 Å². The lowest BCUT2D eigenvalue weighted by atomic mass is 10.2. The van der Waals surface area contributed by atoms with Gasteiger partial charge >= 0.3 is 5.97 Å². The lowest BCUT2D eigenvalue weighted by Crippen LogP contribution is -2.42. The topological polar surface area (TPSA) is 109 Å². The van der Waals surface area contributed by atoms with E-state index in [1.807, 2.05) is 6.07 Å². The molecule has 0 saturated heterocycles. The van der Waals surface area contributed by atoms with E-state index in [-0.39, 0.29) is 0 Å². The van der Waals surface area contributed by atoms with Gasteiger partial charge in [-0.2, -0.15) is 0 Å². The molecule has 1 aromatic rings. The third-order valence-corrected chi connectivity index (χ3v) is 2.79. The average molecular weight is 341 g/mol. The number of nitrogens with two attached hydrogens (primary N) is 1. The molecule has 2 amide bonds. The first kappa shape index (κ1) is 15.9.